The lowest BCUT2D eigenvalue weighted by atomic mass is 10.0. The first kappa shape index (κ1) is 21.6. The number of hydrogen-bond acceptors (Lipinski definition) is 3. The Bertz CT molecular complexity index is 996. The summed E-state index contributed by atoms with van der Waals surface area (Å²) in [5, 5.41) is -1.84. The predicted octanol–water partition coefficient (Wildman–Crippen LogP) is 5.78. The highest BCUT2D eigenvalue weighted by molar-refractivity contribution is 6.25. The van der Waals surface area contributed by atoms with Crippen molar-refractivity contribution in [3.05, 3.63) is 77.6 Å². The van der Waals surface area contributed by atoms with Crippen LogP contribution in [0.5, 0.6) is 0 Å². The minimum Gasteiger partial charge on any atom is -0.330 e. The van der Waals surface area contributed by atoms with Crippen LogP contribution in [0.4, 0.5) is 18.9 Å². The third-order valence-electron chi connectivity index (χ3n) is 5.94. The zero-order valence-corrected chi connectivity index (χ0v) is 18.0. The quantitative estimate of drug-likeness (QED) is 0.439. The Morgan fingerprint density at radius 3 is 2.23 bits per heavy atom. The van der Waals surface area contributed by atoms with Gasteiger partial charge in [-0.25, -0.2) is 4.90 Å². The van der Waals surface area contributed by atoms with Crippen LogP contribution in [-0.2, 0) is 0 Å². The number of alkyl halides is 4. The van der Waals surface area contributed by atoms with E-state index in [2.05, 4.69) is 0 Å². The van der Waals surface area contributed by atoms with Gasteiger partial charge in [-0.15, -0.1) is 13.2 Å². The number of nitrogens with zero attached hydrogens (tertiary/aromatic N) is 3. The van der Waals surface area contributed by atoms with Gasteiger partial charge in [0, 0.05) is 36.3 Å². The van der Waals surface area contributed by atoms with Gasteiger partial charge in [-0.05, 0) is 31.2 Å². The molecule has 164 valence electrons. The van der Waals surface area contributed by atoms with Gasteiger partial charge in [0.2, 0.25) is 5.12 Å². The number of carbonyl (C=O) groups excluding carboxylic acids is 1. The van der Waals surface area contributed by atoms with Gasteiger partial charge in [-0.3, -0.25) is 4.79 Å². The summed E-state index contributed by atoms with van der Waals surface area (Å²) < 4.78 is 43.2. The molecule has 2 aliphatic rings. The van der Waals surface area contributed by atoms with E-state index in [0.717, 1.165) is 0 Å². The van der Waals surface area contributed by atoms with Crippen LogP contribution < -0.4 is 4.90 Å². The Balaban J connectivity index is 1.83. The van der Waals surface area contributed by atoms with Crippen LogP contribution in [0.1, 0.15) is 37.0 Å². The number of halogens is 4. The highest BCUT2D eigenvalue weighted by Gasteiger charge is 2.61. The monoisotopic (exact) mass is 449 g/mol. The van der Waals surface area contributed by atoms with Crippen molar-refractivity contribution in [1.82, 2.24) is 9.80 Å². The van der Waals surface area contributed by atoms with Crippen molar-refractivity contribution in [3.63, 3.8) is 0 Å². The summed E-state index contributed by atoms with van der Waals surface area (Å²) in [6, 6.07) is 16.7. The summed E-state index contributed by atoms with van der Waals surface area (Å²) in [7, 11) is 0. The molecule has 2 aromatic rings. The van der Waals surface area contributed by atoms with Crippen molar-refractivity contribution in [2.45, 2.75) is 44.2 Å². The van der Waals surface area contributed by atoms with E-state index in [0.29, 0.717) is 28.4 Å². The lowest BCUT2D eigenvalue weighted by Crippen LogP contribution is -2.57. The molecule has 4 rings (SSSR count). The number of anilines is 1. The molecule has 2 unspecified atom stereocenters. The van der Waals surface area contributed by atoms with E-state index in [1.807, 2.05) is 6.07 Å². The van der Waals surface area contributed by atoms with Gasteiger partial charge in [0.25, 0.3) is 5.91 Å². The molecule has 4 nitrogen and oxygen atoms in total. The fraction of sp³-hybridized carbons (Fsp3) is 0.348. The van der Waals surface area contributed by atoms with Crippen molar-refractivity contribution in [3.8, 4) is 0 Å². The maximum atomic E-state index is 14.4. The fourth-order valence-corrected chi connectivity index (χ4v) is 4.96. The Hall–Kier alpha value is -2.67. The molecular formula is C23H23ClF3N3O. The van der Waals surface area contributed by atoms with E-state index in [1.54, 1.807) is 73.3 Å². The molecule has 0 aliphatic carbocycles. The number of rotatable bonds is 3. The lowest BCUT2D eigenvalue weighted by molar-refractivity contribution is -0.249. The normalized spacial score (nSPS) is 23.9. The summed E-state index contributed by atoms with van der Waals surface area (Å²) >= 11 is 6.78. The molecule has 0 saturated heterocycles. The fourth-order valence-electron chi connectivity index (χ4n) is 4.57. The van der Waals surface area contributed by atoms with Crippen LogP contribution in [0.3, 0.4) is 0 Å². The summed E-state index contributed by atoms with van der Waals surface area (Å²) in [4.78, 5) is 16.5. The first-order chi connectivity index (χ1) is 14.7. The van der Waals surface area contributed by atoms with Crippen LogP contribution in [0.25, 0.3) is 0 Å². The van der Waals surface area contributed by atoms with E-state index >= 15 is 0 Å². The molecule has 2 aromatic carbocycles. The third-order valence-corrected chi connectivity index (χ3v) is 6.55. The standard InChI is InChI=1S/C23H23ClF3N3O/c1-3-22(24)29(18-12-8-5-9-13-18)19-14-15-28(21(31)17-10-6-4-7-11-17)16(2)20(19)30(22)23(25,26)27/h4-13,16H,3,14-15H2,1-2H3. The smallest absolute Gasteiger partial charge is 0.330 e. The molecule has 8 heteroatoms. The molecule has 2 aliphatic heterocycles. The van der Waals surface area contributed by atoms with E-state index in [9.17, 15) is 18.0 Å². The average Bonchev–Trinajstić information content (AvgIpc) is 3.04. The molecule has 0 bridgehead atoms. The summed E-state index contributed by atoms with van der Waals surface area (Å²) in [6.45, 7) is 3.58. The Morgan fingerprint density at radius 2 is 1.68 bits per heavy atom. The molecule has 0 radical (unpaired) electrons. The first-order valence-electron chi connectivity index (χ1n) is 10.2. The maximum absolute atomic E-state index is 14.4. The van der Waals surface area contributed by atoms with Gasteiger partial charge >= 0.3 is 6.30 Å². The van der Waals surface area contributed by atoms with Gasteiger partial charge in [0.15, 0.2) is 0 Å². The Morgan fingerprint density at radius 1 is 1.10 bits per heavy atom. The number of amides is 1. The third kappa shape index (κ3) is 3.45. The molecule has 0 spiro atoms. The molecular weight excluding hydrogens is 427 g/mol. The SMILES string of the molecule is CCC1(Cl)N(c2ccccc2)C2=C(C(C)N(C(=O)c3ccccc3)CC2)N1C(F)(F)F. The Labute approximate surface area is 184 Å². The minimum atomic E-state index is -4.71. The van der Waals surface area contributed by atoms with Gasteiger partial charge in [0.05, 0.1) is 11.7 Å². The average molecular weight is 450 g/mol. The van der Waals surface area contributed by atoms with Crippen LogP contribution >= 0.6 is 11.6 Å². The molecule has 2 heterocycles. The second-order valence-electron chi connectivity index (χ2n) is 7.67. The minimum absolute atomic E-state index is 0.0231. The van der Waals surface area contributed by atoms with Crippen LogP contribution in [0, 0.1) is 0 Å². The molecule has 0 aromatic heterocycles. The van der Waals surface area contributed by atoms with E-state index in [4.69, 9.17) is 11.6 Å². The van der Waals surface area contributed by atoms with Gasteiger partial charge < -0.3 is 9.80 Å². The first-order valence-corrected chi connectivity index (χ1v) is 10.6. The molecule has 0 N–H and O–H groups in total. The maximum Gasteiger partial charge on any atom is 0.487 e. The number of para-hydroxylation sites is 1. The largest absolute Gasteiger partial charge is 0.487 e. The highest BCUT2D eigenvalue weighted by atomic mass is 35.5. The van der Waals surface area contributed by atoms with E-state index in [-0.39, 0.29) is 24.4 Å². The lowest BCUT2D eigenvalue weighted by Gasteiger charge is -2.43. The zero-order valence-electron chi connectivity index (χ0n) is 17.2. The predicted molar refractivity (Wildman–Crippen MR) is 114 cm³/mol. The van der Waals surface area contributed by atoms with E-state index < -0.39 is 17.5 Å². The van der Waals surface area contributed by atoms with Crippen molar-refractivity contribution in [2.24, 2.45) is 0 Å². The number of benzene rings is 2. The second-order valence-corrected chi connectivity index (χ2v) is 8.27. The summed E-state index contributed by atoms with van der Waals surface area (Å²) in [5.41, 5.74) is 1.57. The second kappa shape index (κ2) is 7.79. The van der Waals surface area contributed by atoms with Crippen molar-refractivity contribution in [1.29, 1.82) is 0 Å². The molecule has 0 saturated carbocycles. The Kier molecular flexibility index (Phi) is 5.41. The molecule has 2 atom stereocenters. The van der Waals surface area contributed by atoms with Crippen LogP contribution in [0.15, 0.2) is 72.1 Å². The van der Waals surface area contributed by atoms with Crippen LogP contribution in [-0.4, -0.2) is 39.7 Å². The molecule has 0 fully saturated rings. The zero-order chi connectivity index (χ0) is 22.4. The van der Waals surface area contributed by atoms with Crippen molar-refractivity contribution in [2.75, 3.05) is 11.4 Å². The van der Waals surface area contributed by atoms with Crippen LogP contribution in [0.2, 0.25) is 0 Å². The molecule has 31 heavy (non-hydrogen) atoms. The van der Waals surface area contributed by atoms with Crippen molar-refractivity contribution < 1.29 is 18.0 Å². The van der Waals surface area contributed by atoms with Crippen molar-refractivity contribution >= 4 is 23.2 Å². The number of carbonyl (C=O) groups is 1. The topological polar surface area (TPSA) is 26.8 Å². The summed E-state index contributed by atoms with van der Waals surface area (Å²) in [6.07, 6.45) is -4.42. The number of hydrogen-bond donors (Lipinski definition) is 0. The van der Waals surface area contributed by atoms with E-state index in [1.165, 1.54) is 4.90 Å². The van der Waals surface area contributed by atoms with Gasteiger partial charge in [0.1, 0.15) is 0 Å². The van der Waals surface area contributed by atoms with Gasteiger partial charge in [-0.2, -0.15) is 0 Å². The van der Waals surface area contributed by atoms with Gasteiger partial charge in [-0.1, -0.05) is 54.9 Å². The highest BCUT2D eigenvalue weighted by Crippen LogP contribution is 2.53. The summed E-state index contributed by atoms with van der Waals surface area (Å²) in [5.74, 6) is -0.295. The molecule has 1 amide bonds.